The predicted octanol–water partition coefficient (Wildman–Crippen LogP) is 4.86. The predicted molar refractivity (Wildman–Crippen MR) is 148 cm³/mol. The SMILES string of the molecule is NC1CCC(OC2CCC(P(=O)(c3ccccc3)c3ccccc3)C(OC3CCC(N)CC3)C2)CC1. The van der Waals surface area contributed by atoms with E-state index in [0.717, 1.165) is 81.2 Å². The van der Waals surface area contributed by atoms with E-state index >= 15 is 4.57 Å². The lowest BCUT2D eigenvalue weighted by Crippen LogP contribution is -2.46. The first kappa shape index (κ1) is 26.1. The lowest BCUT2D eigenvalue weighted by Gasteiger charge is -2.43. The maximum absolute atomic E-state index is 15.3. The molecular weight excluding hydrogens is 467 g/mol. The van der Waals surface area contributed by atoms with Crippen LogP contribution in [-0.2, 0) is 14.0 Å². The standard InChI is InChI=1S/C30H43N2O3P/c31-22-11-15-24(16-12-22)34-26-19-20-30(29(21-26)35-25-17-13-23(32)14-18-25)36(33,27-7-3-1-4-8-27)28-9-5-2-6-10-28/h1-10,22-26,29-30H,11-21,31-32H2. The van der Waals surface area contributed by atoms with Gasteiger partial charge in [0.25, 0.3) is 0 Å². The summed E-state index contributed by atoms with van der Waals surface area (Å²) in [5, 5.41) is 1.86. The van der Waals surface area contributed by atoms with Gasteiger partial charge in [-0.1, -0.05) is 60.7 Å². The first-order chi connectivity index (χ1) is 17.5. The molecule has 196 valence electrons. The van der Waals surface area contributed by atoms with E-state index in [0.29, 0.717) is 6.04 Å². The average molecular weight is 511 g/mol. The van der Waals surface area contributed by atoms with Gasteiger partial charge in [-0.25, -0.2) is 0 Å². The zero-order chi connectivity index (χ0) is 25.0. The molecule has 0 spiro atoms. The van der Waals surface area contributed by atoms with Gasteiger partial charge in [0, 0.05) is 34.8 Å². The van der Waals surface area contributed by atoms with E-state index in [1.807, 2.05) is 60.7 Å². The van der Waals surface area contributed by atoms with Gasteiger partial charge in [-0.2, -0.15) is 0 Å². The average Bonchev–Trinajstić information content (AvgIpc) is 2.92. The van der Waals surface area contributed by atoms with E-state index in [9.17, 15) is 0 Å². The second-order valence-corrected chi connectivity index (χ2v) is 14.2. The van der Waals surface area contributed by atoms with E-state index in [4.69, 9.17) is 20.9 Å². The van der Waals surface area contributed by atoms with Crippen molar-refractivity contribution in [2.45, 2.75) is 113 Å². The summed E-state index contributed by atoms with van der Waals surface area (Å²) in [5.41, 5.74) is 12.3. The summed E-state index contributed by atoms with van der Waals surface area (Å²) in [6.45, 7) is 0. The lowest BCUT2D eigenvalue weighted by atomic mass is 9.90. The number of nitrogens with two attached hydrogens (primary N) is 2. The van der Waals surface area contributed by atoms with Crippen molar-refractivity contribution >= 4 is 17.8 Å². The van der Waals surface area contributed by atoms with Crippen LogP contribution in [0.25, 0.3) is 0 Å². The summed E-state index contributed by atoms with van der Waals surface area (Å²) in [5.74, 6) is 0. The van der Waals surface area contributed by atoms with Crippen LogP contribution in [-0.4, -0.2) is 42.2 Å². The molecule has 4 N–H and O–H groups in total. The molecule has 5 rings (SSSR count). The van der Waals surface area contributed by atoms with Gasteiger partial charge in [-0.05, 0) is 64.2 Å². The Morgan fingerprint density at radius 3 is 1.53 bits per heavy atom. The molecule has 0 heterocycles. The Balaban J connectivity index is 1.41. The van der Waals surface area contributed by atoms with Gasteiger partial charge < -0.3 is 25.5 Å². The van der Waals surface area contributed by atoms with Crippen LogP contribution >= 0.6 is 7.14 Å². The van der Waals surface area contributed by atoms with Crippen LogP contribution in [0.15, 0.2) is 60.7 Å². The van der Waals surface area contributed by atoms with E-state index in [-0.39, 0.29) is 36.1 Å². The normalized spacial score (nSPS) is 33.8. The third kappa shape index (κ3) is 5.97. The molecule has 0 aliphatic heterocycles. The van der Waals surface area contributed by atoms with Gasteiger partial charge >= 0.3 is 0 Å². The highest BCUT2D eigenvalue weighted by Crippen LogP contribution is 2.55. The number of hydrogen-bond acceptors (Lipinski definition) is 5. The summed E-state index contributed by atoms with van der Waals surface area (Å²) >= 11 is 0. The van der Waals surface area contributed by atoms with E-state index in [1.165, 1.54) is 0 Å². The Labute approximate surface area is 216 Å². The van der Waals surface area contributed by atoms with Gasteiger partial charge in [-0.3, -0.25) is 0 Å². The minimum atomic E-state index is -2.93. The lowest BCUT2D eigenvalue weighted by molar-refractivity contribution is -0.104. The van der Waals surface area contributed by atoms with Crippen molar-refractivity contribution in [2.75, 3.05) is 0 Å². The molecule has 0 radical (unpaired) electrons. The van der Waals surface area contributed by atoms with Gasteiger partial charge in [0.15, 0.2) is 0 Å². The van der Waals surface area contributed by atoms with Crippen LogP contribution < -0.4 is 22.1 Å². The molecule has 3 aliphatic rings. The van der Waals surface area contributed by atoms with Crippen molar-refractivity contribution in [3.05, 3.63) is 60.7 Å². The first-order valence-electron chi connectivity index (χ1n) is 14.1. The van der Waals surface area contributed by atoms with Crippen LogP contribution in [0.1, 0.15) is 70.6 Å². The third-order valence-corrected chi connectivity index (χ3v) is 12.3. The minimum absolute atomic E-state index is 0.0578. The maximum atomic E-state index is 15.3. The second kappa shape index (κ2) is 11.9. The number of rotatable bonds is 7. The Bertz CT molecular complexity index is 944. The highest BCUT2D eigenvalue weighted by atomic mass is 31.2. The quantitative estimate of drug-likeness (QED) is 0.520. The molecule has 0 aromatic heterocycles. The molecule has 3 saturated carbocycles. The van der Waals surface area contributed by atoms with Crippen molar-refractivity contribution < 1.29 is 14.0 Å². The smallest absolute Gasteiger partial charge is 0.148 e. The molecule has 3 aliphatic carbocycles. The molecule has 2 aromatic rings. The van der Waals surface area contributed by atoms with Gasteiger partial charge in [0.05, 0.1) is 24.4 Å². The van der Waals surface area contributed by atoms with E-state index in [2.05, 4.69) is 0 Å². The van der Waals surface area contributed by atoms with Crippen LogP contribution in [0, 0.1) is 0 Å². The Kier molecular flexibility index (Phi) is 8.65. The monoisotopic (exact) mass is 510 g/mol. The summed E-state index contributed by atoms with van der Waals surface area (Å²) in [7, 11) is -2.93. The molecular formula is C30H43N2O3P. The molecule has 3 fully saturated rings. The van der Waals surface area contributed by atoms with Crippen molar-refractivity contribution in [3.63, 3.8) is 0 Å². The molecule has 2 aromatic carbocycles. The van der Waals surface area contributed by atoms with Crippen LogP contribution in [0.2, 0.25) is 0 Å². The second-order valence-electron chi connectivity index (χ2n) is 11.2. The zero-order valence-corrected chi connectivity index (χ0v) is 22.3. The number of hydrogen-bond donors (Lipinski definition) is 2. The molecule has 0 amide bonds. The molecule has 3 atom stereocenters. The maximum Gasteiger partial charge on any atom is 0.148 e. The van der Waals surface area contributed by atoms with Crippen LogP contribution in [0.5, 0.6) is 0 Å². The largest absolute Gasteiger partial charge is 0.375 e. The van der Waals surface area contributed by atoms with E-state index < -0.39 is 7.14 Å². The molecule has 5 nitrogen and oxygen atoms in total. The molecule has 0 saturated heterocycles. The van der Waals surface area contributed by atoms with Crippen molar-refractivity contribution in [2.24, 2.45) is 11.5 Å². The highest BCUT2D eigenvalue weighted by Gasteiger charge is 2.46. The molecule has 0 bridgehead atoms. The summed E-state index contributed by atoms with van der Waals surface area (Å²) < 4.78 is 28.8. The van der Waals surface area contributed by atoms with Gasteiger partial charge in [-0.15, -0.1) is 0 Å². The Morgan fingerprint density at radius 2 is 1.03 bits per heavy atom. The van der Waals surface area contributed by atoms with E-state index in [1.54, 1.807) is 0 Å². The Morgan fingerprint density at radius 1 is 0.583 bits per heavy atom. The van der Waals surface area contributed by atoms with Crippen LogP contribution in [0.3, 0.4) is 0 Å². The summed E-state index contributed by atoms with van der Waals surface area (Å²) in [6.07, 6.45) is 11.2. The Hall–Kier alpha value is -1.49. The topological polar surface area (TPSA) is 87.6 Å². The van der Waals surface area contributed by atoms with Gasteiger partial charge in [0.2, 0.25) is 0 Å². The highest BCUT2D eigenvalue weighted by molar-refractivity contribution is 7.79. The fraction of sp³-hybridized carbons (Fsp3) is 0.600. The third-order valence-electron chi connectivity index (χ3n) is 8.65. The zero-order valence-electron chi connectivity index (χ0n) is 21.4. The summed E-state index contributed by atoms with van der Waals surface area (Å²) in [4.78, 5) is 0. The number of ether oxygens (including phenoxy) is 2. The molecule has 6 heteroatoms. The van der Waals surface area contributed by atoms with Crippen molar-refractivity contribution in [3.8, 4) is 0 Å². The molecule has 3 unspecified atom stereocenters. The fourth-order valence-electron chi connectivity index (χ4n) is 6.56. The summed E-state index contributed by atoms with van der Waals surface area (Å²) in [6, 6.07) is 20.8. The first-order valence-corrected chi connectivity index (χ1v) is 15.8. The fourth-order valence-corrected chi connectivity index (χ4v) is 10.0. The van der Waals surface area contributed by atoms with Crippen LogP contribution in [0.4, 0.5) is 0 Å². The van der Waals surface area contributed by atoms with Crippen molar-refractivity contribution in [1.29, 1.82) is 0 Å². The van der Waals surface area contributed by atoms with Gasteiger partial charge in [0.1, 0.15) is 7.14 Å². The van der Waals surface area contributed by atoms with Crippen molar-refractivity contribution in [1.82, 2.24) is 0 Å². The minimum Gasteiger partial charge on any atom is -0.375 e. The molecule has 36 heavy (non-hydrogen) atoms. The number of benzene rings is 2.